The summed E-state index contributed by atoms with van der Waals surface area (Å²) in [6, 6.07) is 0. The molecule has 2 heteroatoms. The lowest BCUT2D eigenvalue weighted by Gasteiger charge is -2.27. The first-order valence-electron chi connectivity index (χ1n) is 5.64. The number of hydrogen-bond donors (Lipinski definition) is 0. The van der Waals surface area contributed by atoms with Crippen LogP contribution in [-0.4, -0.2) is 18.5 Å². The summed E-state index contributed by atoms with van der Waals surface area (Å²) in [7, 11) is 0. The smallest absolute Gasteiger partial charge is 0.158 e. The number of hydrogen-bond acceptors (Lipinski definition) is 2. The first-order valence-corrected chi connectivity index (χ1v) is 5.64. The minimum atomic E-state index is -0.114. The predicted molar refractivity (Wildman–Crippen MR) is 60.3 cm³/mol. The van der Waals surface area contributed by atoms with Crippen LogP contribution in [0.2, 0.25) is 0 Å². The Morgan fingerprint density at radius 1 is 1.14 bits per heavy atom. The van der Waals surface area contributed by atoms with Crippen molar-refractivity contribution in [2.75, 3.05) is 6.61 Å². The summed E-state index contributed by atoms with van der Waals surface area (Å²) in [5.41, 5.74) is -0.114. The Morgan fingerprint density at radius 3 is 2.07 bits per heavy atom. The van der Waals surface area contributed by atoms with E-state index in [0.29, 0.717) is 5.92 Å². The fourth-order valence-corrected chi connectivity index (χ4v) is 1.11. The van der Waals surface area contributed by atoms with E-state index in [4.69, 9.17) is 9.47 Å². The molecule has 0 aliphatic rings. The van der Waals surface area contributed by atoms with Gasteiger partial charge in [-0.3, -0.25) is 0 Å². The highest BCUT2D eigenvalue weighted by atomic mass is 16.7. The normalized spacial score (nSPS) is 14.8. The van der Waals surface area contributed by atoms with E-state index in [1.807, 2.05) is 0 Å². The van der Waals surface area contributed by atoms with Crippen molar-refractivity contribution in [1.29, 1.82) is 0 Å². The van der Waals surface area contributed by atoms with Gasteiger partial charge in [0.15, 0.2) is 6.29 Å². The summed E-state index contributed by atoms with van der Waals surface area (Å²) in [6.45, 7) is 13.4. The Labute approximate surface area is 89.0 Å². The molecule has 0 saturated heterocycles. The third kappa shape index (κ3) is 8.52. The maximum absolute atomic E-state index is 5.81. The standard InChI is InChI=1S/C12H26O2/c1-7-8-11(13-9-10(2)3)14-12(4,5)6/h10-11H,7-9H2,1-6H3. The van der Waals surface area contributed by atoms with Gasteiger partial charge in [-0.05, 0) is 33.1 Å². The van der Waals surface area contributed by atoms with E-state index < -0.39 is 0 Å². The lowest BCUT2D eigenvalue weighted by Crippen LogP contribution is -2.30. The largest absolute Gasteiger partial charge is 0.352 e. The molecule has 0 aromatic heterocycles. The van der Waals surface area contributed by atoms with E-state index >= 15 is 0 Å². The topological polar surface area (TPSA) is 18.5 Å². The molecule has 0 aromatic rings. The van der Waals surface area contributed by atoms with Gasteiger partial charge in [0.1, 0.15) is 0 Å². The molecule has 0 bridgehead atoms. The molecule has 0 saturated carbocycles. The van der Waals surface area contributed by atoms with Crippen molar-refractivity contribution in [2.45, 2.75) is 66.3 Å². The van der Waals surface area contributed by atoms with Crippen LogP contribution in [0.3, 0.4) is 0 Å². The summed E-state index contributed by atoms with van der Waals surface area (Å²) in [5, 5.41) is 0. The van der Waals surface area contributed by atoms with Gasteiger partial charge in [-0.15, -0.1) is 0 Å². The van der Waals surface area contributed by atoms with E-state index in [2.05, 4.69) is 41.5 Å². The fourth-order valence-electron chi connectivity index (χ4n) is 1.11. The van der Waals surface area contributed by atoms with Gasteiger partial charge in [-0.25, -0.2) is 0 Å². The van der Waals surface area contributed by atoms with Gasteiger partial charge in [0.2, 0.25) is 0 Å². The van der Waals surface area contributed by atoms with E-state index in [0.717, 1.165) is 19.4 Å². The molecule has 0 rings (SSSR count). The van der Waals surface area contributed by atoms with Gasteiger partial charge < -0.3 is 9.47 Å². The van der Waals surface area contributed by atoms with Crippen LogP contribution >= 0.6 is 0 Å². The highest BCUT2D eigenvalue weighted by Crippen LogP contribution is 2.16. The summed E-state index contributed by atoms with van der Waals surface area (Å²) < 4.78 is 11.5. The van der Waals surface area contributed by atoms with Crippen LogP contribution in [0.5, 0.6) is 0 Å². The van der Waals surface area contributed by atoms with Gasteiger partial charge >= 0.3 is 0 Å². The molecule has 0 fully saturated rings. The Morgan fingerprint density at radius 2 is 1.71 bits per heavy atom. The van der Waals surface area contributed by atoms with Gasteiger partial charge in [0.05, 0.1) is 12.2 Å². The van der Waals surface area contributed by atoms with Crippen LogP contribution in [0.25, 0.3) is 0 Å². The molecule has 0 spiro atoms. The van der Waals surface area contributed by atoms with Crippen molar-refractivity contribution in [2.24, 2.45) is 5.92 Å². The number of rotatable bonds is 6. The van der Waals surface area contributed by atoms with E-state index in [1.165, 1.54) is 0 Å². The predicted octanol–water partition coefficient (Wildman–Crippen LogP) is 3.60. The van der Waals surface area contributed by atoms with Crippen molar-refractivity contribution >= 4 is 0 Å². The Kier molecular flexibility index (Phi) is 6.38. The lowest BCUT2D eigenvalue weighted by atomic mass is 10.2. The zero-order valence-electron chi connectivity index (χ0n) is 10.6. The van der Waals surface area contributed by atoms with Crippen molar-refractivity contribution in [3.63, 3.8) is 0 Å². The average molecular weight is 202 g/mol. The minimum absolute atomic E-state index is 0.0394. The van der Waals surface area contributed by atoms with Crippen LogP contribution < -0.4 is 0 Å². The second kappa shape index (κ2) is 6.41. The van der Waals surface area contributed by atoms with Gasteiger partial charge in [0.25, 0.3) is 0 Å². The first kappa shape index (κ1) is 13.9. The minimum Gasteiger partial charge on any atom is -0.352 e. The Hall–Kier alpha value is -0.0800. The summed E-state index contributed by atoms with van der Waals surface area (Å²) >= 11 is 0. The van der Waals surface area contributed by atoms with E-state index in [1.54, 1.807) is 0 Å². The van der Waals surface area contributed by atoms with Crippen molar-refractivity contribution in [1.82, 2.24) is 0 Å². The summed E-state index contributed by atoms with van der Waals surface area (Å²) in [4.78, 5) is 0. The lowest BCUT2D eigenvalue weighted by molar-refractivity contribution is -0.201. The van der Waals surface area contributed by atoms with Crippen LogP contribution in [0, 0.1) is 5.92 Å². The SMILES string of the molecule is CCCC(OCC(C)C)OC(C)(C)C. The quantitative estimate of drug-likeness (QED) is 0.613. The van der Waals surface area contributed by atoms with Crippen LogP contribution in [0.4, 0.5) is 0 Å². The molecule has 1 atom stereocenters. The zero-order chi connectivity index (χ0) is 11.2. The molecule has 1 unspecified atom stereocenters. The molecule has 0 amide bonds. The molecule has 0 N–H and O–H groups in total. The molecule has 0 heterocycles. The molecular weight excluding hydrogens is 176 g/mol. The summed E-state index contributed by atoms with van der Waals surface area (Å²) in [5.74, 6) is 0.568. The van der Waals surface area contributed by atoms with E-state index in [9.17, 15) is 0 Å². The van der Waals surface area contributed by atoms with Crippen molar-refractivity contribution in [3.05, 3.63) is 0 Å². The highest BCUT2D eigenvalue weighted by molar-refractivity contribution is 4.61. The monoisotopic (exact) mass is 202 g/mol. The first-order chi connectivity index (χ1) is 6.35. The second-order valence-corrected chi connectivity index (χ2v) is 5.18. The van der Waals surface area contributed by atoms with E-state index in [-0.39, 0.29) is 11.9 Å². The third-order valence-corrected chi connectivity index (χ3v) is 1.62. The number of ether oxygens (including phenoxy) is 2. The van der Waals surface area contributed by atoms with Crippen molar-refractivity contribution in [3.8, 4) is 0 Å². The zero-order valence-corrected chi connectivity index (χ0v) is 10.6. The van der Waals surface area contributed by atoms with Crippen LogP contribution in [0.1, 0.15) is 54.4 Å². The van der Waals surface area contributed by atoms with Crippen molar-refractivity contribution < 1.29 is 9.47 Å². The Balaban J connectivity index is 3.89. The van der Waals surface area contributed by atoms with Gasteiger partial charge in [0, 0.05) is 0 Å². The summed E-state index contributed by atoms with van der Waals surface area (Å²) in [6.07, 6.45) is 2.03. The molecule has 86 valence electrons. The second-order valence-electron chi connectivity index (χ2n) is 5.18. The fraction of sp³-hybridized carbons (Fsp3) is 1.00. The molecular formula is C12H26O2. The Bertz CT molecular complexity index is 136. The molecule has 0 aromatic carbocycles. The van der Waals surface area contributed by atoms with Gasteiger partial charge in [-0.1, -0.05) is 27.2 Å². The maximum atomic E-state index is 5.81. The third-order valence-electron chi connectivity index (χ3n) is 1.62. The molecule has 0 aliphatic carbocycles. The molecule has 0 aliphatic heterocycles. The van der Waals surface area contributed by atoms with Gasteiger partial charge in [-0.2, -0.15) is 0 Å². The maximum Gasteiger partial charge on any atom is 0.158 e. The highest BCUT2D eigenvalue weighted by Gasteiger charge is 2.18. The molecule has 2 nitrogen and oxygen atoms in total. The van der Waals surface area contributed by atoms with Crippen LogP contribution in [0.15, 0.2) is 0 Å². The average Bonchev–Trinajstić information content (AvgIpc) is 1.98. The van der Waals surface area contributed by atoms with Crippen LogP contribution in [-0.2, 0) is 9.47 Å². The molecule has 14 heavy (non-hydrogen) atoms. The molecule has 0 radical (unpaired) electrons.